The molecule has 0 saturated carbocycles. The summed E-state index contributed by atoms with van der Waals surface area (Å²) in [6, 6.07) is 17.6. The normalized spacial score (nSPS) is 10.6. The first-order chi connectivity index (χ1) is 14.3. The summed E-state index contributed by atoms with van der Waals surface area (Å²) in [5.41, 5.74) is 6.26. The number of carbonyl (C=O) groups excluding carboxylic acids is 1. The summed E-state index contributed by atoms with van der Waals surface area (Å²) in [5, 5.41) is 6.86. The Morgan fingerprint density at radius 2 is 1.77 bits per heavy atom. The molecular formula is C24H24BrClN2O2. The van der Waals surface area contributed by atoms with E-state index in [2.05, 4.69) is 58.6 Å². The maximum atomic E-state index is 12.2. The molecule has 3 aromatic carbocycles. The van der Waals surface area contributed by atoms with Crippen LogP contribution in [-0.4, -0.2) is 12.5 Å². The smallest absolute Gasteiger partial charge is 0.262 e. The number of halogens is 2. The number of aryl methyl sites for hydroxylation is 3. The SMILES string of the molecule is Cc1ccc(C)c(NCc2ccc(OCC(=O)Nc3ccc(C)c(Cl)c3)c(Br)c2)c1. The van der Waals surface area contributed by atoms with Crippen LogP contribution >= 0.6 is 27.5 Å². The van der Waals surface area contributed by atoms with Gasteiger partial charge in [0.2, 0.25) is 0 Å². The van der Waals surface area contributed by atoms with Crippen molar-refractivity contribution < 1.29 is 9.53 Å². The number of rotatable bonds is 7. The van der Waals surface area contributed by atoms with Gasteiger partial charge in [-0.1, -0.05) is 35.9 Å². The lowest BCUT2D eigenvalue weighted by molar-refractivity contribution is -0.118. The highest BCUT2D eigenvalue weighted by Gasteiger charge is 2.08. The molecule has 0 bridgehead atoms. The molecule has 0 aliphatic heterocycles. The molecule has 156 valence electrons. The van der Waals surface area contributed by atoms with Crippen LogP contribution in [0.1, 0.15) is 22.3 Å². The van der Waals surface area contributed by atoms with Crippen molar-refractivity contribution in [2.75, 3.05) is 17.2 Å². The van der Waals surface area contributed by atoms with Crippen molar-refractivity contribution in [3.63, 3.8) is 0 Å². The quantitative estimate of drug-likeness (QED) is 0.392. The Morgan fingerprint density at radius 1 is 1.00 bits per heavy atom. The van der Waals surface area contributed by atoms with E-state index < -0.39 is 0 Å². The second-order valence-corrected chi connectivity index (χ2v) is 8.50. The van der Waals surface area contributed by atoms with Gasteiger partial charge >= 0.3 is 0 Å². The molecule has 0 aliphatic carbocycles. The maximum absolute atomic E-state index is 12.2. The maximum Gasteiger partial charge on any atom is 0.262 e. The van der Waals surface area contributed by atoms with Gasteiger partial charge in [0, 0.05) is 22.9 Å². The number of amides is 1. The minimum Gasteiger partial charge on any atom is -0.483 e. The van der Waals surface area contributed by atoms with Crippen molar-refractivity contribution in [3.8, 4) is 5.75 Å². The molecular weight excluding hydrogens is 464 g/mol. The van der Waals surface area contributed by atoms with E-state index in [1.165, 1.54) is 11.1 Å². The molecule has 6 heteroatoms. The van der Waals surface area contributed by atoms with Crippen molar-refractivity contribution in [2.24, 2.45) is 0 Å². The average Bonchev–Trinajstić information content (AvgIpc) is 2.70. The van der Waals surface area contributed by atoms with Crippen LogP contribution in [0.2, 0.25) is 5.02 Å². The van der Waals surface area contributed by atoms with Crippen molar-refractivity contribution >= 4 is 44.8 Å². The standard InChI is InChI=1S/C24H24BrClN2O2/c1-15-4-5-17(3)22(10-15)27-13-18-7-9-23(20(25)11-18)30-14-24(29)28-19-8-6-16(2)21(26)12-19/h4-12,27H,13-14H2,1-3H3,(H,28,29). The predicted molar refractivity (Wildman–Crippen MR) is 128 cm³/mol. The number of carbonyl (C=O) groups is 1. The first kappa shape index (κ1) is 22.2. The molecule has 0 spiro atoms. The molecule has 0 atom stereocenters. The first-order valence-corrected chi connectivity index (χ1v) is 10.8. The number of hydrogen-bond donors (Lipinski definition) is 2. The highest BCUT2D eigenvalue weighted by Crippen LogP contribution is 2.27. The molecule has 0 aliphatic rings. The van der Waals surface area contributed by atoms with Crippen LogP contribution in [0.3, 0.4) is 0 Å². The van der Waals surface area contributed by atoms with Crippen LogP contribution in [0.4, 0.5) is 11.4 Å². The van der Waals surface area contributed by atoms with Gasteiger partial charge in [-0.3, -0.25) is 4.79 Å². The van der Waals surface area contributed by atoms with Gasteiger partial charge in [0.15, 0.2) is 6.61 Å². The van der Waals surface area contributed by atoms with Gasteiger partial charge in [0.05, 0.1) is 4.47 Å². The fraction of sp³-hybridized carbons (Fsp3) is 0.208. The molecule has 0 aromatic heterocycles. The van der Waals surface area contributed by atoms with E-state index in [-0.39, 0.29) is 12.5 Å². The number of anilines is 2. The fourth-order valence-corrected chi connectivity index (χ4v) is 3.63. The van der Waals surface area contributed by atoms with Gasteiger partial charge in [0.25, 0.3) is 5.91 Å². The van der Waals surface area contributed by atoms with Gasteiger partial charge in [0.1, 0.15) is 5.75 Å². The summed E-state index contributed by atoms with van der Waals surface area (Å²) in [5.74, 6) is 0.366. The van der Waals surface area contributed by atoms with Gasteiger partial charge < -0.3 is 15.4 Å². The van der Waals surface area contributed by atoms with Crippen LogP contribution in [-0.2, 0) is 11.3 Å². The molecule has 3 rings (SSSR count). The van der Waals surface area contributed by atoms with Crippen LogP contribution in [0.25, 0.3) is 0 Å². The highest BCUT2D eigenvalue weighted by atomic mass is 79.9. The third kappa shape index (κ3) is 6.00. The van der Waals surface area contributed by atoms with E-state index in [0.717, 1.165) is 21.3 Å². The largest absolute Gasteiger partial charge is 0.483 e. The van der Waals surface area contributed by atoms with Gasteiger partial charge in [-0.25, -0.2) is 0 Å². The lowest BCUT2D eigenvalue weighted by Crippen LogP contribution is -2.20. The first-order valence-electron chi connectivity index (χ1n) is 9.60. The summed E-state index contributed by atoms with van der Waals surface area (Å²) in [6.45, 7) is 6.68. The molecule has 3 aromatic rings. The van der Waals surface area contributed by atoms with Gasteiger partial charge in [-0.15, -0.1) is 0 Å². The summed E-state index contributed by atoms with van der Waals surface area (Å²) in [7, 11) is 0. The van der Waals surface area contributed by atoms with E-state index in [1.54, 1.807) is 6.07 Å². The van der Waals surface area contributed by atoms with Gasteiger partial charge in [-0.05, 0) is 89.3 Å². The molecule has 4 nitrogen and oxygen atoms in total. The number of hydrogen-bond acceptors (Lipinski definition) is 3. The van der Waals surface area contributed by atoms with Crippen molar-refractivity contribution in [3.05, 3.63) is 86.3 Å². The monoisotopic (exact) mass is 486 g/mol. The summed E-state index contributed by atoms with van der Waals surface area (Å²) < 4.78 is 6.47. The topological polar surface area (TPSA) is 50.4 Å². The van der Waals surface area contributed by atoms with Gasteiger partial charge in [-0.2, -0.15) is 0 Å². The summed E-state index contributed by atoms with van der Waals surface area (Å²) >= 11 is 9.63. The molecule has 0 radical (unpaired) electrons. The molecule has 30 heavy (non-hydrogen) atoms. The average molecular weight is 488 g/mol. The van der Waals surface area contributed by atoms with Crippen LogP contribution in [0, 0.1) is 20.8 Å². The van der Waals surface area contributed by atoms with Crippen molar-refractivity contribution in [2.45, 2.75) is 27.3 Å². The third-order valence-corrected chi connectivity index (χ3v) is 5.71. The Labute approximate surface area is 190 Å². The lowest BCUT2D eigenvalue weighted by atomic mass is 10.1. The minimum absolute atomic E-state index is 0.0931. The zero-order valence-electron chi connectivity index (χ0n) is 17.2. The van der Waals surface area contributed by atoms with Crippen molar-refractivity contribution in [1.29, 1.82) is 0 Å². The number of benzene rings is 3. The molecule has 0 saturated heterocycles. The van der Waals surface area contributed by atoms with Crippen LogP contribution < -0.4 is 15.4 Å². The Balaban J connectivity index is 1.55. The second kappa shape index (κ2) is 10.0. The Morgan fingerprint density at radius 3 is 2.50 bits per heavy atom. The highest BCUT2D eigenvalue weighted by molar-refractivity contribution is 9.10. The van der Waals surface area contributed by atoms with Crippen LogP contribution in [0.5, 0.6) is 5.75 Å². The second-order valence-electron chi connectivity index (χ2n) is 7.24. The van der Waals surface area contributed by atoms with E-state index in [0.29, 0.717) is 23.0 Å². The summed E-state index contributed by atoms with van der Waals surface area (Å²) in [4.78, 5) is 12.2. The molecule has 1 amide bonds. The Hall–Kier alpha value is -2.50. The zero-order valence-corrected chi connectivity index (χ0v) is 19.5. The molecule has 0 unspecified atom stereocenters. The predicted octanol–water partition coefficient (Wildman–Crippen LogP) is 6.66. The third-order valence-electron chi connectivity index (χ3n) is 4.69. The van der Waals surface area contributed by atoms with E-state index >= 15 is 0 Å². The summed E-state index contributed by atoms with van der Waals surface area (Å²) in [6.07, 6.45) is 0. The van der Waals surface area contributed by atoms with E-state index in [4.69, 9.17) is 16.3 Å². The fourth-order valence-electron chi connectivity index (χ4n) is 2.91. The Bertz CT molecular complexity index is 1070. The van der Waals surface area contributed by atoms with Crippen LogP contribution in [0.15, 0.2) is 59.1 Å². The Kier molecular flexibility index (Phi) is 7.40. The molecule has 0 heterocycles. The van der Waals surface area contributed by atoms with Crippen molar-refractivity contribution in [1.82, 2.24) is 0 Å². The van der Waals surface area contributed by atoms with E-state index in [9.17, 15) is 4.79 Å². The number of ether oxygens (including phenoxy) is 1. The van der Waals surface area contributed by atoms with E-state index in [1.807, 2.05) is 37.3 Å². The minimum atomic E-state index is -0.248. The molecule has 2 N–H and O–H groups in total. The zero-order chi connectivity index (χ0) is 21.7. The molecule has 0 fully saturated rings. The number of nitrogens with one attached hydrogen (secondary N) is 2. The lowest BCUT2D eigenvalue weighted by Gasteiger charge is -2.13.